The van der Waals surface area contributed by atoms with E-state index in [1.165, 1.54) is 0 Å². The number of fused-ring (bicyclic) bond motifs is 1. The molecule has 12 nitrogen and oxygen atoms in total. The number of terminal acetylenes is 1. The van der Waals surface area contributed by atoms with E-state index in [9.17, 15) is 4.79 Å². The maximum Gasteiger partial charge on any atom is 0.324 e. The van der Waals surface area contributed by atoms with Crippen LogP contribution in [0.25, 0.3) is 16.5 Å². The summed E-state index contributed by atoms with van der Waals surface area (Å²) in [7, 11) is 1.64. The van der Waals surface area contributed by atoms with E-state index in [2.05, 4.69) is 26.4 Å². The molecule has 7 rings (SSSR count). The summed E-state index contributed by atoms with van der Waals surface area (Å²) in [6.07, 6.45) is 7.95. The highest BCUT2D eigenvalue weighted by atomic mass is 16.5. The molecule has 12 heteroatoms. The summed E-state index contributed by atoms with van der Waals surface area (Å²) in [5.41, 5.74) is 3.46. The molecule has 2 amide bonds. The van der Waals surface area contributed by atoms with Gasteiger partial charge in [0.25, 0.3) is 0 Å². The van der Waals surface area contributed by atoms with Crippen LogP contribution in [-0.4, -0.2) is 77.2 Å². The van der Waals surface area contributed by atoms with Crippen molar-refractivity contribution in [1.29, 1.82) is 0 Å². The highest BCUT2D eigenvalue weighted by Crippen LogP contribution is 2.35. The summed E-state index contributed by atoms with van der Waals surface area (Å²) in [4.78, 5) is 25.1. The third-order valence-electron chi connectivity index (χ3n) is 9.58. The number of aryl methyl sites for hydroxylation is 1. The van der Waals surface area contributed by atoms with Crippen LogP contribution in [0, 0.1) is 19.3 Å². The molecule has 6 aromatic rings. The van der Waals surface area contributed by atoms with E-state index in [4.69, 9.17) is 35.5 Å². The van der Waals surface area contributed by atoms with Gasteiger partial charge in [0.05, 0.1) is 42.8 Å². The predicted molar refractivity (Wildman–Crippen MR) is 217 cm³/mol. The number of benzene rings is 4. The number of hydrogen-bond donors (Lipinski definition) is 2. The number of aromatic nitrogens is 4. The molecular weight excluding hydrogens is 707 g/mol. The number of carbonyl (C=O) groups is 1. The highest BCUT2D eigenvalue weighted by Gasteiger charge is 2.24. The predicted octanol–water partition coefficient (Wildman–Crippen LogP) is 7.78. The van der Waals surface area contributed by atoms with Crippen molar-refractivity contribution >= 4 is 28.3 Å². The lowest BCUT2D eigenvalue weighted by Gasteiger charge is -2.26. The van der Waals surface area contributed by atoms with Crippen molar-refractivity contribution in [2.24, 2.45) is 0 Å². The Morgan fingerprint density at radius 3 is 2.48 bits per heavy atom. The average Bonchev–Trinajstić information content (AvgIpc) is 3.64. The quantitative estimate of drug-likeness (QED) is 0.114. The van der Waals surface area contributed by atoms with Gasteiger partial charge in [-0.25, -0.2) is 14.5 Å². The van der Waals surface area contributed by atoms with E-state index in [1.807, 2.05) is 93.6 Å². The van der Waals surface area contributed by atoms with Crippen LogP contribution in [0.1, 0.15) is 36.5 Å². The summed E-state index contributed by atoms with van der Waals surface area (Å²) in [6, 6.07) is 28.1. The van der Waals surface area contributed by atoms with Crippen LogP contribution in [0.5, 0.6) is 23.1 Å². The van der Waals surface area contributed by atoms with Crippen LogP contribution in [0.3, 0.4) is 0 Å². The fourth-order valence-electron chi connectivity index (χ4n) is 6.34. The van der Waals surface area contributed by atoms with Crippen molar-refractivity contribution in [2.75, 3.05) is 57.2 Å². The smallest absolute Gasteiger partial charge is 0.324 e. The maximum atomic E-state index is 13.6. The van der Waals surface area contributed by atoms with Crippen molar-refractivity contribution in [3.05, 3.63) is 120 Å². The van der Waals surface area contributed by atoms with Gasteiger partial charge < -0.3 is 24.3 Å². The number of anilines is 2. The Hall–Kier alpha value is -6.42. The number of nitrogens with zero attached hydrogens (tertiary/aromatic N) is 5. The van der Waals surface area contributed by atoms with E-state index in [0.29, 0.717) is 53.4 Å². The van der Waals surface area contributed by atoms with Gasteiger partial charge in [0.1, 0.15) is 35.5 Å². The van der Waals surface area contributed by atoms with Gasteiger partial charge in [0.15, 0.2) is 0 Å². The minimum Gasteiger partial charge on any atom is -0.497 e. The molecular formula is C44H45N7O5. The summed E-state index contributed by atoms with van der Waals surface area (Å²) in [5, 5.41) is 12.3. The number of morpholine rings is 1. The zero-order valence-electron chi connectivity index (χ0n) is 32.0. The number of methoxy groups -OCH3 is 1. The molecule has 0 saturated carbocycles. The van der Waals surface area contributed by atoms with Gasteiger partial charge in [-0.05, 0) is 62.7 Å². The van der Waals surface area contributed by atoms with Gasteiger partial charge >= 0.3 is 6.03 Å². The second-order valence-electron chi connectivity index (χ2n) is 14.1. The molecule has 2 aromatic heterocycles. The molecule has 3 heterocycles. The SMILES string of the molecule is C#CC(C)(C)c1cc(NC(=O)Nc2ccc(Oc3ccnc(Cc4cc(OC)cc(OCCN5CCOCC5)c4)n3)c3ccccc23)n(-c2ccc(C)cc2)n1. The molecule has 286 valence electrons. The first kappa shape index (κ1) is 37.9. The second-order valence-corrected chi connectivity index (χ2v) is 14.1. The minimum absolute atomic E-state index is 0.388. The van der Waals surface area contributed by atoms with Crippen molar-refractivity contribution in [3.8, 4) is 41.2 Å². The second kappa shape index (κ2) is 16.9. The van der Waals surface area contributed by atoms with E-state index >= 15 is 0 Å². The van der Waals surface area contributed by atoms with Crippen LogP contribution < -0.4 is 24.8 Å². The zero-order valence-corrected chi connectivity index (χ0v) is 32.0. The topological polar surface area (TPSA) is 125 Å². The number of carbonyl (C=O) groups excluding carboxylic acids is 1. The molecule has 0 spiro atoms. The summed E-state index contributed by atoms with van der Waals surface area (Å²) >= 11 is 0. The third-order valence-corrected chi connectivity index (χ3v) is 9.58. The normalized spacial score (nSPS) is 13.2. The van der Waals surface area contributed by atoms with E-state index in [0.717, 1.165) is 66.2 Å². The van der Waals surface area contributed by atoms with Gasteiger partial charge in [0, 0.05) is 61.2 Å². The minimum atomic E-state index is -0.643. The van der Waals surface area contributed by atoms with Gasteiger partial charge in [-0.3, -0.25) is 10.2 Å². The van der Waals surface area contributed by atoms with Crippen LogP contribution in [0.2, 0.25) is 0 Å². The number of amides is 2. The average molecular weight is 752 g/mol. The lowest BCUT2D eigenvalue weighted by Crippen LogP contribution is -2.38. The Morgan fingerprint density at radius 2 is 1.71 bits per heavy atom. The number of rotatable bonds is 13. The van der Waals surface area contributed by atoms with Gasteiger partial charge in [-0.1, -0.05) is 47.9 Å². The molecule has 0 unspecified atom stereocenters. The lowest BCUT2D eigenvalue weighted by atomic mass is 9.91. The van der Waals surface area contributed by atoms with Crippen molar-refractivity contribution in [1.82, 2.24) is 24.6 Å². The Bertz CT molecular complexity index is 2360. The first-order chi connectivity index (χ1) is 27.2. The molecule has 2 N–H and O–H groups in total. The van der Waals surface area contributed by atoms with E-state index < -0.39 is 11.4 Å². The summed E-state index contributed by atoms with van der Waals surface area (Å²) < 4.78 is 25.2. The standard InChI is InChI=1S/C44H45N7O5/c1-6-44(3,4)39-29-41(51(49-39)32-13-11-30(2)12-14-32)48-43(52)46-37-15-16-38(36-10-8-7-9-35(36)37)56-42-17-18-45-40(47-42)27-31-25-33(53-5)28-34(26-31)55-24-21-50-19-22-54-23-20-50/h1,7-18,25-26,28-29H,19-24,27H2,2-5H3,(H2,46,48,52). The van der Waals surface area contributed by atoms with Crippen molar-refractivity contribution < 1.29 is 23.7 Å². The third kappa shape index (κ3) is 9.09. The van der Waals surface area contributed by atoms with Crippen LogP contribution in [0.4, 0.5) is 16.3 Å². The van der Waals surface area contributed by atoms with Gasteiger partial charge in [0.2, 0.25) is 5.88 Å². The number of nitrogens with one attached hydrogen (secondary N) is 2. The molecule has 4 aromatic carbocycles. The molecule has 0 atom stereocenters. The molecule has 1 aliphatic heterocycles. The molecule has 56 heavy (non-hydrogen) atoms. The van der Waals surface area contributed by atoms with Gasteiger partial charge in [-0.15, -0.1) is 6.42 Å². The first-order valence-corrected chi connectivity index (χ1v) is 18.5. The monoisotopic (exact) mass is 751 g/mol. The van der Waals surface area contributed by atoms with Crippen LogP contribution in [-0.2, 0) is 16.6 Å². The number of ether oxygens (including phenoxy) is 4. The Balaban J connectivity index is 1.06. The largest absolute Gasteiger partial charge is 0.497 e. The fraction of sp³-hybridized carbons (Fsp3) is 0.273. The number of hydrogen-bond acceptors (Lipinski definition) is 9. The Morgan fingerprint density at radius 1 is 0.946 bits per heavy atom. The first-order valence-electron chi connectivity index (χ1n) is 18.5. The maximum absolute atomic E-state index is 13.6. The van der Waals surface area contributed by atoms with Gasteiger partial charge in [-0.2, -0.15) is 10.1 Å². The van der Waals surface area contributed by atoms with Crippen molar-refractivity contribution in [3.63, 3.8) is 0 Å². The fourth-order valence-corrected chi connectivity index (χ4v) is 6.34. The Labute approximate surface area is 326 Å². The Kier molecular flexibility index (Phi) is 11.5. The zero-order chi connectivity index (χ0) is 39.1. The van der Waals surface area contributed by atoms with E-state index in [-0.39, 0.29) is 0 Å². The molecule has 0 aliphatic carbocycles. The lowest BCUT2D eigenvalue weighted by molar-refractivity contribution is 0.0322. The van der Waals surface area contributed by atoms with Crippen LogP contribution in [0.15, 0.2) is 97.2 Å². The molecule has 1 aliphatic rings. The van der Waals surface area contributed by atoms with Crippen LogP contribution >= 0.6 is 0 Å². The molecule has 0 radical (unpaired) electrons. The highest BCUT2D eigenvalue weighted by molar-refractivity contribution is 6.07. The summed E-state index contributed by atoms with van der Waals surface area (Å²) in [5.74, 6) is 6.23. The molecule has 1 saturated heterocycles. The van der Waals surface area contributed by atoms with Crippen molar-refractivity contribution in [2.45, 2.75) is 32.6 Å². The van der Waals surface area contributed by atoms with E-state index in [1.54, 1.807) is 36.2 Å². The number of urea groups is 1. The molecule has 1 fully saturated rings. The summed E-state index contributed by atoms with van der Waals surface area (Å²) in [6.45, 7) is 10.6. The molecule has 0 bridgehead atoms.